The molecular weight excluding hydrogens is 390 g/mol. The minimum absolute atomic E-state index is 0.311. The van der Waals surface area contributed by atoms with Crippen LogP contribution in [0.2, 0.25) is 5.02 Å². The molecule has 1 aromatic carbocycles. The van der Waals surface area contributed by atoms with Crippen molar-refractivity contribution in [3.8, 4) is 11.5 Å². The molecule has 0 saturated heterocycles. The maximum Gasteiger partial charge on any atom is 0.348 e. The van der Waals surface area contributed by atoms with Crippen molar-refractivity contribution in [2.24, 2.45) is 0 Å². The highest BCUT2D eigenvalue weighted by molar-refractivity contribution is 7.20. The molecule has 2 aromatic heterocycles. The predicted molar refractivity (Wildman–Crippen MR) is 106 cm³/mol. The number of ether oxygens (including phenoxy) is 3. The number of methoxy groups -OCH3 is 2. The summed E-state index contributed by atoms with van der Waals surface area (Å²) in [6.07, 6.45) is 1.44. The minimum Gasteiger partial charge on any atom is -0.495 e. The Morgan fingerprint density at radius 2 is 1.96 bits per heavy atom. The van der Waals surface area contributed by atoms with Gasteiger partial charge in [0.1, 0.15) is 33.4 Å². The Hall–Kier alpha value is -2.58. The summed E-state index contributed by atoms with van der Waals surface area (Å²) in [5.74, 6) is 1.22. The molecule has 0 unspecified atom stereocenters. The molecular formula is C18H18ClN3O4S. The molecule has 3 aromatic rings. The van der Waals surface area contributed by atoms with Gasteiger partial charge in [0.25, 0.3) is 0 Å². The van der Waals surface area contributed by atoms with E-state index in [4.69, 9.17) is 25.8 Å². The second kappa shape index (κ2) is 7.98. The van der Waals surface area contributed by atoms with Crippen molar-refractivity contribution in [1.29, 1.82) is 0 Å². The number of benzene rings is 1. The number of carbonyl (C=O) groups is 1. The van der Waals surface area contributed by atoms with Gasteiger partial charge in [-0.1, -0.05) is 11.6 Å². The number of rotatable bonds is 6. The van der Waals surface area contributed by atoms with Crippen molar-refractivity contribution in [3.63, 3.8) is 0 Å². The van der Waals surface area contributed by atoms with Crippen LogP contribution in [-0.2, 0) is 4.74 Å². The van der Waals surface area contributed by atoms with Crippen molar-refractivity contribution < 1.29 is 19.0 Å². The molecule has 0 fully saturated rings. The number of carbonyl (C=O) groups excluding carboxylic acids is 1. The van der Waals surface area contributed by atoms with Gasteiger partial charge in [0, 0.05) is 12.1 Å². The minimum atomic E-state index is -0.366. The number of nitrogens with one attached hydrogen (secondary N) is 1. The lowest BCUT2D eigenvalue weighted by atomic mass is 10.2. The molecule has 7 nitrogen and oxygen atoms in total. The first-order valence-corrected chi connectivity index (χ1v) is 9.29. The highest BCUT2D eigenvalue weighted by atomic mass is 35.5. The van der Waals surface area contributed by atoms with Crippen molar-refractivity contribution in [1.82, 2.24) is 9.97 Å². The van der Waals surface area contributed by atoms with Crippen LogP contribution in [0.1, 0.15) is 22.2 Å². The molecule has 27 heavy (non-hydrogen) atoms. The summed E-state index contributed by atoms with van der Waals surface area (Å²) < 4.78 is 15.8. The van der Waals surface area contributed by atoms with Gasteiger partial charge >= 0.3 is 5.97 Å². The molecule has 0 aliphatic heterocycles. The fourth-order valence-corrected chi connectivity index (χ4v) is 3.92. The van der Waals surface area contributed by atoms with Gasteiger partial charge in [-0.2, -0.15) is 0 Å². The van der Waals surface area contributed by atoms with Crippen molar-refractivity contribution >= 4 is 50.6 Å². The first kappa shape index (κ1) is 19.2. The molecule has 0 radical (unpaired) electrons. The summed E-state index contributed by atoms with van der Waals surface area (Å²) >= 11 is 7.44. The molecule has 0 amide bonds. The van der Waals surface area contributed by atoms with Gasteiger partial charge in [0.15, 0.2) is 0 Å². The second-order valence-corrected chi connectivity index (χ2v) is 6.90. The van der Waals surface area contributed by atoms with E-state index < -0.39 is 0 Å². The van der Waals surface area contributed by atoms with Crippen molar-refractivity contribution in [2.75, 3.05) is 26.1 Å². The van der Waals surface area contributed by atoms with E-state index in [9.17, 15) is 4.79 Å². The number of thiophene rings is 1. The number of esters is 1. The number of halogens is 1. The van der Waals surface area contributed by atoms with Crippen LogP contribution in [0.25, 0.3) is 10.2 Å². The van der Waals surface area contributed by atoms with Crippen molar-refractivity contribution in [2.45, 2.75) is 13.8 Å². The number of fused-ring (bicyclic) bond motifs is 1. The number of aromatic nitrogens is 2. The Morgan fingerprint density at radius 3 is 2.63 bits per heavy atom. The average Bonchev–Trinajstić information content (AvgIpc) is 3.00. The SMILES string of the molecule is CCOC(=O)c1sc2ncnc(Nc3cc(OC)c(Cl)cc3OC)c2c1C. The Labute approximate surface area is 165 Å². The molecule has 0 saturated carbocycles. The van der Waals surface area contributed by atoms with Gasteiger partial charge in [0.2, 0.25) is 0 Å². The van der Waals surface area contributed by atoms with E-state index in [1.165, 1.54) is 24.8 Å². The first-order valence-electron chi connectivity index (χ1n) is 8.09. The van der Waals surface area contributed by atoms with Gasteiger partial charge in [-0.05, 0) is 19.4 Å². The summed E-state index contributed by atoms with van der Waals surface area (Å²) in [7, 11) is 3.09. The van der Waals surface area contributed by atoms with Crippen LogP contribution in [0.5, 0.6) is 11.5 Å². The topological polar surface area (TPSA) is 82.6 Å². The Bertz CT molecular complexity index is 1010. The molecule has 3 rings (SSSR count). The van der Waals surface area contributed by atoms with Crippen LogP contribution >= 0.6 is 22.9 Å². The molecule has 142 valence electrons. The van der Waals surface area contributed by atoms with E-state index in [2.05, 4.69) is 15.3 Å². The molecule has 9 heteroatoms. The monoisotopic (exact) mass is 407 g/mol. The van der Waals surface area contributed by atoms with E-state index in [1.54, 1.807) is 26.2 Å². The molecule has 0 aliphatic carbocycles. The predicted octanol–water partition coefficient (Wildman–Crippen LogP) is 4.59. The van der Waals surface area contributed by atoms with Gasteiger partial charge in [-0.15, -0.1) is 11.3 Å². The number of hydrogen-bond donors (Lipinski definition) is 1. The summed E-state index contributed by atoms with van der Waals surface area (Å²) in [5, 5.41) is 4.42. The van der Waals surface area contributed by atoms with Gasteiger partial charge in [-0.3, -0.25) is 0 Å². The van der Waals surface area contributed by atoms with E-state index >= 15 is 0 Å². The van der Waals surface area contributed by atoms with Gasteiger partial charge < -0.3 is 19.5 Å². The van der Waals surface area contributed by atoms with Crippen LogP contribution < -0.4 is 14.8 Å². The van der Waals surface area contributed by atoms with Gasteiger partial charge in [0.05, 0.1) is 36.9 Å². The normalized spacial score (nSPS) is 10.7. The summed E-state index contributed by atoms with van der Waals surface area (Å²) in [6.45, 7) is 3.93. The molecule has 0 aliphatic rings. The quantitative estimate of drug-likeness (QED) is 0.598. The summed E-state index contributed by atoms with van der Waals surface area (Å²) in [6, 6.07) is 3.38. The fourth-order valence-electron chi connectivity index (χ4n) is 2.64. The van der Waals surface area contributed by atoms with Crippen LogP contribution in [-0.4, -0.2) is 36.8 Å². The van der Waals surface area contributed by atoms with E-state index in [1.807, 2.05) is 6.92 Å². The third-order valence-corrected chi connectivity index (χ3v) is 5.39. The fraction of sp³-hybridized carbons (Fsp3) is 0.278. The van der Waals surface area contributed by atoms with E-state index in [0.29, 0.717) is 44.3 Å². The maximum absolute atomic E-state index is 12.2. The molecule has 2 heterocycles. The lowest BCUT2D eigenvalue weighted by molar-refractivity contribution is 0.0531. The first-order chi connectivity index (χ1) is 13.0. The van der Waals surface area contributed by atoms with Crippen LogP contribution in [0.3, 0.4) is 0 Å². The largest absolute Gasteiger partial charge is 0.495 e. The zero-order chi connectivity index (χ0) is 19.6. The Kier molecular flexibility index (Phi) is 5.67. The maximum atomic E-state index is 12.2. The standard InChI is InChI=1S/C18H18ClN3O4S/c1-5-26-18(23)15-9(2)14-16(20-8-21-17(14)27-15)22-11-7-12(24-3)10(19)6-13(11)25-4/h6-8H,5H2,1-4H3,(H,20,21,22). The average molecular weight is 408 g/mol. The Balaban J connectivity index is 2.09. The third-order valence-electron chi connectivity index (χ3n) is 3.91. The summed E-state index contributed by atoms with van der Waals surface area (Å²) in [4.78, 5) is 22.0. The molecule has 0 bridgehead atoms. The lowest BCUT2D eigenvalue weighted by Gasteiger charge is -2.14. The van der Waals surface area contributed by atoms with Gasteiger partial charge in [-0.25, -0.2) is 14.8 Å². The number of nitrogens with zero attached hydrogens (tertiary/aromatic N) is 2. The lowest BCUT2D eigenvalue weighted by Crippen LogP contribution is -2.04. The number of anilines is 2. The molecule has 1 N–H and O–H groups in total. The van der Waals surface area contributed by atoms with Crippen LogP contribution in [0, 0.1) is 6.92 Å². The summed E-state index contributed by atoms with van der Waals surface area (Å²) in [5.41, 5.74) is 1.39. The van der Waals surface area contributed by atoms with E-state index in [-0.39, 0.29) is 5.97 Å². The van der Waals surface area contributed by atoms with Crippen molar-refractivity contribution in [3.05, 3.63) is 33.9 Å². The number of aryl methyl sites for hydroxylation is 1. The Morgan fingerprint density at radius 1 is 1.22 bits per heavy atom. The van der Waals surface area contributed by atoms with Crippen LogP contribution in [0.4, 0.5) is 11.5 Å². The zero-order valence-corrected chi connectivity index (χ0v) is 16.8. The second-order valence-electron chi connectivity index (χ2n) is 5.49. The number of hydrogen-bond acceptors (Lipinski definition) is 8. The van der Waals surface area contributed by atoms with Crippen LogP contribution in [0.15, 0.2) is 18.5 Å². The zero-order valence-electron chi connectivity index (χ0n) is 15.3. The molecule has 0 spiro atoms. The highest BCUT2D eigenvalue weighted by Gasteiger charge is 2.21. The highest BCUT2D eigenvalue weighted by Crippen LogP contribution is 2.40. The smallest absolute Gasteiger partial charge is 0.348 e. The molecule has 0 atom stereocenters. The third kappa shape index (κ3) is 3.63. The van der Waals surface area contributed by atoms with E-state index in [0.717, 1.165) is 10.9 Å².